The lowest BCUT2D eigenvalue weighted by Crippen LogP contribution is -1.98. The van der Waals surface area contributed by atoms with Gasteiger partial charge in [-0.2, -0.15) is 8.78 Å². The number of rotatable bonds is 1. The fourth-order valence-corrected chi connectivity index (χ4v) is 0.712. The van der Waals surface area contributed by atoms with Crippen molar-refractivity contribution in [1.29, 1.82) is 0 Å². The van der Waals surface area contributed by atoms with Crippen LogP contribution in [0.1, 0.15) is 17.9 Å². The van der Waals surface area contributed by atoms with Gasteiger partial charge in [0, 0.05) is 5.69 Å². The van der Waals surface area contributed by atoms with Gasteiger partial charge in [-0.05, 0) is 13.8 Å². The highest BCUT2D eigenvalue weighted by Crippen LogP contribution is 2.14. The summed E-state index contributed by atoms with van der Waals surface area (Å²) in [5, 5.41) is 0. The summed E-state index contributed by atoms with van der Waals surface area (Å²) in [6.45, 7) is 0.851. The van der Waals surface area contributed by atoms with Crippen LogP contribution in [0.4, 0.5) is 8.78 Å². The van der Waals surface area contributed by atoms with E-state index in [1.165, 1.54) is 0 Å². The quantitative estimate of drug-likeness (QED) is 0.591. The molecule has 0 N–H and O–H groups in total. The summed E-state index contributed by atoms with van der Waals surface area (Å²) < 4.78 is 24.8. The summed E-state index contributed by atoms with van der Waals surface area (Å²) in [5.74, 6) is 0. The first kappa shape index (κ1) is 7.18. The molecule has 0 unspecified atom stereocenters. The van der Waals surface area contributed by atoms with Crippen LogP contribution in [0.15, 0.2) is 6.33 Å². The number of aromatic nitrogens is 2. The maximum absolute atomic E-state index is 12.0. The second-order valence-electron chi connectivity index (χ2n) is 2.10. The smallest absolute Gasteiger partial charge is 0.277 e. The van der Waals surface area contributed by atoms with E-state index < -0.39 is 6.55 Å². The van der Waals surface area contributed by atoms with Crippen molar-refractivity contribution in [2.24, 2.45) is 0 Å². The minimum absolute atomic E-state index is 0.523. The van der Waals surface area contributed by atoms with Crippen LogP contribution < -0.4 is 0 Å². The average molecular weight is 146 g/mol. The number of alkyl halides is 2. The van der Waals surface area contributed by atoms with E-state index in [2.05, 4.69) is 4.98 Å². The Kier molecular flexibility index (Phi) is 1.70. The lowest BCUT2D eigenvalue weighted by Gasteiger charge is -2.00. The van der Waals surface area contributed by atoms with Gasteiger partial charge in [-0.3, -0.25) is 4.57 Å². The largest absolute Gasteiger partial charge is 0.319 e. The van der Waals surface area contributed by atoms with Gasteiger partial charge in [-0.1, -0.05) is 0 Å². The molecule has 1 aromatic rings. The molecule has 0 fully saturated rings. The van der Waals surface area contributed by atoms with E-state index in [0.29, 0.717) is 11.4 Å². The molecular formula is C6H8F2N2. The molecule has 0 radical (unpaired) electrons. The highest BCUT2D eigenvalue weighted by Gasteiger charge is 2.09. The Hall–Kier alpha value is -0.930. The number of hydrogen-bond acceptors (Lipinski definition) is 1. The Morgan fingerprint density at radius 3 is 2.30 bits per heavy atom. The number of hydrogen-bond donors (Lipinski definition) is 0. The van der Waals surface area contributed by atoms with Crippen LogP contribution in [-0.2, 0) is 0 Å². The lowest BCUT2D eigenvalue weighted by molar-refractivity contribution is 0.0681. The maximum Gasteiger partial charge on any atom is 0.319 e. The Balaban J connectivity index is 3.05. The summed E-state index contributed by atoms with van der Waals surface area (Å²) in [6.07, 6.45) is 1.15. The molecule has 4 heteroatoms. The third-order valence-corrected chi connectivity index (χ3v) is 1.50. The second kappa shape index (κ2) is 2.36. The Morgan fingerprint density at radius 1 is 1.50 bits per heavy atom. The molecule has 1 aromatic heterocycles. The summed E-state index contributed by atoms with van der Waals surface area (Å²) >= 11 is 0. The first-order valence-corrected chi connectivity index (χ1v) is 2.91. The first-order valence-electron chi connectivity index (χ1n) is 2.91. The van der Waals surface area contributed by atoms with E-state index in [4.69, 9.17) is 0 Å². The van der Waals surface area contributed by atoms with Gasteiger partial charge < -0.3 is 0 Å². The van der Waals surface area contributed by atoms with Crippen LogP contribution in [0.2, 0.25) is 0 Å². The second-order valence-corrected chi connectivity index (χ2v) is 2.10. The minimum Gasteiger partial charge on any atom is -0.277 e. The maximum atomic E-state index is 12.0. The van der Waals surface area contributed by atoms with Gasteiger partial charge in [-0.15, -0.1) is 0 Å². The van der Waals surface area contributed by atoms with E-state index in [-0.39, 0.29) is 0 Å². The van der Waals surface area contributed by atoms with Crippen molar-refractivity contribution in [3.8, 4) is 0 Å². The molecule has 1 heterocycles. The van der Waals surface area contributed by atoms with Crippen molar-refractivity contribution in [1.82, 2.24) is 9.55 Å². The lowest BCUT2D eigenvalue weighted by atomic mass is 10.4. The van der Waals surface area contributed by atoms with Gasteiger partial charge in [0.25, 0.3) is 0 Å². The molecule has 0 aliphatic rings. The number of nitrogens with zero attached hydrogens (tertiary/aromatic N) is 2. The zero-order valence-electron chi connectivity index (χ0n) is 5.81. The molecule has 1 rings (SSSR count). The van der Waals surface area contributed by atoms with Gasteiger partial charge in [0.2, 0.25) is 0 Å². The number of imidazole rings is 1. The minimum atomic E-state index is -2.47. The van der Waals surface area contributed by atoms with Crippen LogP contribution in [0.3, 0.4) is 0 Å². The summed E-state index contributed by atoms with van der Waals surface area (Å²) in [5.41, 5.74) is 1.18. The van der Waals surface area contributed by atoms with Crippen LogP contribution in [0.5, 0.6) is 0 Å². The zero-order valence-corrected chi connectivity index (χ0v) is 5.81. The van der Waals surface area contributed by atoms with Gasteiger partial charge in [-0.25, -0.2) is 4.98 Å². The Morgan fingerprint density at radius 2 is 2.10 bits per heavy atom. The molecular weight excluding hydrogens is 138 g/mol. The van der Waals surface area contributed by atoms with E-state index in [9.17, 15) is 8.78 Å². The Labute approximate surface area is 57.5 Å². The predicted molar refractivity (Wildman–Crippen MR) is 33.0 cm³/mol. The molecule has 0 saturated heterocycles. The summed E-state index contributed by atoms with van der Waals surface area (Å²) in [4.78, 5) is 3.72. The normalized spacial score (nSPS) is 10.9. The Bertz CT molecular complexity index is 230. The van der Waals surface area contributed by atoms with Crippen molar-refractivity contribution in [3.05, 3.63) is 17.7 Å². The van der Waals surface area contributed by atoms with Gasteiger partial charge >= 0.3 is 6.55 Å². The van der Waals surface area contributed by atoms with Crippen LogP contribution in [0.25, 0.3) is 0 Å². The molecule has 0 bridgehead atoms. The van der Waals surface area contributed by atoms with Crippen molar-refractivity contribution in [2.75, 3.05) is 0 Å². The molecule has 0 spiro atoms. The number of halogens is 2. The molecule has 0 aromatic carbocycles. The van der Waals surface area contributed by atoms with Crippen LogP contribution >= 0.6 is 0 Å². The van der Waals surface area contributed by atoms with Crippen molar-refractivity contribution in [3.63, 3.8) is 0 Å². The molecule has 10 heavy (non-hydrogen) atoms. The summed E-state index contributed by atoms with van der Waals surface area (Å²) in [7, 11) is 0. The molecule has 0 saturated carbocycles. The van der Waals surface area contributed by atoms with Gasteiger partial charge in [0.1, 0.15) is 0 Å². The number of aryl methyl sites for hydroxylation is 1. The molecule has 0 atom stereocenters. The monoisotopic (exact) mass is 146 g/mol. The first-order chi connectivity index (χ1) is 4.63. The van der Waals surface area contributed by atoms with E-state index in [0.717, 1.165) is 10.9 Å². The molecule has 2 nitrogen and oxygen atoms in total. The van der Waals surface area contributed by atoms with E-state index in [1.54, 1.807) is 13.8 Å². The highest BCUT2D eigenvalue weighted by molar-refractivity contribution is 5.08. The van der Waals surface area contributed by atoms with Gasteiger partial charge in [0.05, 0.1) is 12.0 Å². The van der Waals surface area contributed by atoms with Crippen LogP contribution in [-0.4, -0.2) is 9.55 Å². The van der Waals surface area contributed by atoms with E-state index in [1.807, 2.05) is 0 Å². The van der Waals surface area contributed by atoms with Gasteiger partial charge in [0.15, 0.2) is 0 Å². The topological polar surface area (TPSA) is 17.8 Å². The molecule has 56 valence electrons. The molecule has 0 aliphatic heterocycles. The third kappa shape index (κ3) is 1.01. The van der Waals surface area contributed by atoms with E-state index >= 15 is 0 Å². The fourth-order valence-electron chi connectivity index (χ4n) is 0.712. The molecule has 0 aliphatic carbocycles. The van der Waals surface area contributed by atoms with Crippen molar-refractivity contribution >= 4 is 0 Å². The average Bonchev–Trinajstić information content (AvgIpc) is 2.14. The predicted octanol–water partition coefficient (Wildman–Crippen LogP) is 1.90. The van der Waals surface area contributed by atoms with Crippen molar-refractivity contribution < 1.29 is 8.78 Å². The molecule has 0 amide bonds. The summed E-state index contributed by atoms with van der Waals surface area (Å²) in [6, 6.07) is 0. The zero-order chi connectivity index (χ0) is 7.72. The standard InChI is InChI=1S/C6H8F2N2/c1-4-5(2)10(3-9-4)6(7)8/h3,6H,1-2H3. The SMILES string of the molecule is Cc1ncn(C(F)F)c1C. The third-order valence-electron chi connectivity index (χ3n) is 1.50. The van der Waals surface area contributed by atoms with Crippen molar-refractivity contribution in [2.45, 2.75) is 20.4 Å². The fraction of sp³-hybridized carbons (Fsp3) is 0.500. The van der Waals surface area contributed by atoms with Crippen LogP contribution in [0, 0.1) is 13.8 Å². The highest BCUT2D eigenvalue weighted by atomic mass is 19.3.